The Morgan fingerprint density at radius 3 is 2.52 bits per heavy atom. The van der Waals surface area contributed by atoms with Crippen molar-refractivity contribution in [2.24, 2.45) is 12.1 Å². The molecule has 1 unspecified atom stereocenters. The third-order valence-electron chi connectivity index (χ3n) is 5.39. The third-order valence-corrected chi connectivity index (χ3v) is 5.39. The predicted octanol–water partition coefficient (Wildman–Crippen LogP) is 1.22. The molecule has 1 saturated heterocycles. The Balaban J connectivity index is 1.38. The smallest absolute Gasteiger partial charge is 0.328 e. The molecule has 2 aromatic rings. The molecule has 0 saturated carbocycles. The molecular formula is C20H24N6O3. The highest BCUT2D eigenvalue weighted by molar-refractivity contribution is 6.40. The van der Waals surface area contributed by atoms with Crippen LogP contribution in [0.2, 0.25) is 0 Å². The molecule has 152 valence electrons. The number of carboxylic acid groups (broad SMARTS) is 1. The molecule has 9 nitrogen and oxygen atoms in total. The van der Waals surface area contributed by atoms with E-state index < -0.39 is 12.0 Å². The van der Waals surface area contributed by atoms with E-state index in [9.17, 15) is 14.7 Å². The van der Waals surface area contributed by atoms with Crippen LogP contribution in [0, 0.1) is 0 Å². The number of aryl methyl sites for hydroxylation is 1. The highest BCUT2D eigenvalue weighted by Crippen LogP contribution is 2.25. The van der Waals surface area contributed by atoms with Crippen molar-refractivity contribution >= 4 is 29.2 Å². The zero-order valence-electron chi connectivity index (χ0n) is 16.2. The van der Waals surface area contributed by atoms with E-state index >= 15 is 0 Å². The molecule has 2 aliphatic rings. The zero-order chi connectivity index (χ0) is 20.4. The van der Waals surface area contributed by atoms with E-state index in [0.717, 1.165) is 31.9 Å². The molecule has 0 bridgehead atoms. The summed E-state index contributed by atoms with van der Waals surface area (Å²) in [5.74, 6) is -0.355. The van der Waals surface area contributed by atoms with Gasteiger partial charge in [0, 0.05) is 45.0 Å². The van der Waals surface area contributed by atoms with Crippen LogP contribution < -0.4 is 15.2 Å². The minimum Gasteiger partial charge on any atom is -0.480 e. The Kier molecular flexibility index (Phi) is 5.20. The first-order valence-electron chi connectivity index (χ1n) is 9.70. The van der Waals surface area contributed by atoms with Crippen molar-refractivity contribution in [3.05, 3.63) is 42.7 Å². The van der Waals surface area contributed by atoms with Crippen molar-refractivity contribution in [3.8, 4) is 0 Å². The topological polar surface area (TPSA) is 103 Å². The van der Waals surface area contributed by atoms with Gasteiger partial charge < -0.3 is 19.9 Å². The van der Waals surface area contributed by atoms with Crippen molar-refractivity contribution in [3.63, 3.8) is 0 Å². The maximum Gasteiger partial charge on any atom is 0.328 e. The molecule has 9 heteroatoms. The van der Waals surface area contributed by atoms with Gasteiger partial charge in [-0.05, 0) is 25.0 Å². The quantitative estimate of drug-likeness (QED) is 0.788. The van der Waals surface area contributed by atoms with Crippen molar-refractivity contribution in [2.45, 2.75) is 31.3 Å². The molecule has 1 aromatic carbocycles. The summed E-state index contributed by atoms with van der Waals surface area (Å²) in [7, 11) is 1.96. The first-order chi connectivity index (χ1) is 14.0. The molecule has 0 spiro atoms. The van der Waals surface area contributed by atoms with Crippen LogP contribution in [0.1, 0.15) is 19.3 Å². The van der Waals surface area contributed by atoms with Crippen molar-refractivity contribution in [1.82, 2.24) is 14.9 Å². The van der Waals surface area contributed by atoms with Crippen LogP contribution in [0.25, 0.3) is 0 Å². The molecule has 0 aliphatic carbocycles. The number of carbonyl (C=O) groups is 2. The minimum atomic E-state index is -0.997. The molecule has 4 rings (SSSR count). The lowest BCUT2D eigenvalue weighted by Crippen LogP contribution is -2.47. The summed E-state index contributed by atoms with van der Waals surface area (Å²) in [5.41, 5.74) is 0.916. The fraction of sp³-hybridized carbons (Fsp3) is 0.400. The molecule has 0 radical (unpaired) electrons. The van der Waals surface area contributed by atoms with Gasteiger partial charge in [-0.1, -0.05) is 18.2 Å². The Morgan fingerprint density at radius 1 is 1.17 bits per heavy atom. The molecule has 1 amide bonds. The number of benzene rings is 1. The summed E-state index contributed by atoms with van der Waals surface area (Å²) < 4.78 is 1.98. The standard InChI is InChI=1S/C20H24N6O3/c1-24-12-9-21-20(24)25-10-7-14(8-11-25)22-18(27)16-13-17(19(28)29)26(23-16)15-5-3-2-4-6-15/h2-6,9,12,14,17H,7-8,10-11,13H2,1H3,(H,22,27)(H,28,29). The zero-order valence-corrected chi connectivity index (χ0v) is 16.2. The van der Waals surface area contributed by atoms with Gasteiger partial charge in [0.2, 0.25) is 5.95 Å². The van der Waals surface area contributed by atoms with Crippen molar-refractivity contribution in [2.75, 3.05) is 23.0 Å². The number of carboxylic acids is 1. The first-order valence-corrected chi connectivity index (χ1v) is 9.70. The monoisotopic (exact) mass is 396 g/mol. The number of aliphatic carboxylic acids is 1. The van der Waals surface area contributed by atoms with Gasteiger partial charge in [0.15, 0.2) is 6.04 Å². The van der Waals surface area contributed by atoms with Crippen LogP contribution in [-0.2, 0) is 16.6 Å². The number of hydrogen-bond acceptors (Lipinski definition) is 6. The summed E-state index contributed by atoms with van der Waals surface area (Å²) >= 11 is 0. The van der Waals surface area contributed by atoms with Gasteiger partial charge in [0.05, 0.1) is 5.69 Å². The fourth-order valence-electron chi connectivity index (χ4n) is 3.81. The number of imidazole rings is 1. The van der Waals surface area contributed by atoms with Gasteiger partial charge in [-0.3, -0.25) is 9.80 Å². The normalized spacial score (nSPS) is 19.9. The van der Waals surface area contributed by atoms with Crippen LogP contribution >= 0.6 is 0 Å². The van der Waals surface area contributed by atoms with Crippen LogP contribution in [0.5, 0.6) is 0 Å². The number of nitrogens with zero attached hydrogens (tertiary/aromatic N) is 5. The lowest BCUT2D eigenvalue weighted by Gasteiger charge is -2.32. The Labute approximate surface area is 168 Å². The molecule has 29 heavy (non-hydrogen) atoms. The number of aromatic nitrogens is 2. The van der Waals surface area contributed by atoms with Crippen LogP contribution in [0.3, 0.4) is 0 Å². The molecule has 1 atom stereocenters. The van der Waals surface area contributed by atoms with E-state index in [1.54, 1.807) is 18.3 Å². The number of anilines is 2. The van der Waals surface area contributed by atoms with Crippen LogP contribution in [0.4, 0.5) is 11.6 Å². The number of piperidine rings is 1. The van der Waals surface area contributed by atoms with E-state index in [4.69, 9.17) is 0 Å². The highest BCUT2D eigenvalue weighted by Gasteiger charge is 2.36. The Bertz CT molecular complexity index is 917. The predicted molar refractivity (Wildman–Crippen MR) is 109 cm³/mol. The summed E-state index contributed by atoms with van der Waals surface area (Å²) in [4.78, 5) is 31.0. The molecular weight excluding hydrogens is 372 g/mol. The van der Waals surface area contributed by atoms with E-state index in [0.29, 0.717) is 5.69 Å². The lowest BCUT2D eigenvalue weighted by molar-refractivity contribution is -0.138. The summed E-state index contributed by atoms with van der Waals surface area (Å²) in [6.07, 6.45) is 5.38. The Morgan fingerprint density at radius 2 is 1.90 bits per heavy atom. The number of nitrogens with one attached hydrogen (secondary N) is 1. The SMILES string of the molecule is Cn1ccnc1N1CCC(NC(=O)C2=NN(c3ccccc3)C(C(=O)O)C2)CC1. The van der Waals surface area contributed by atoms with Crippen molar-refractivity contribution in [1.29, 1.82) is 0 Å². The average Bonchev–Trinajstić information content (AvgIpc) is 3.36. The van der Waals surface area contributed by atoms with E-state index in [1.807, 2.05) is 36.0 Å². The average molecular weight is 396 g/mol. The number of para-hydroxylation sites is 1. The summed E-state index contributed by atoms with van der Waals surface area (Å²) in [6.45, 7) is 1.60. The minimum absolute atomic E-state index is 0.0378. The summed E-state index contributed by atoms with van der Waals surface area (Å²) in [6, 6.07) is 8.22. The maximum absolute atomic E-state index is 12.7. The number of hydrazone groups is 1. The van der Waals surface area contributed by atoms with Gasteiger partial charge in [0.25, 0.3) is 5.91 Å². The number of rotatable bonds is 5. The van der Waals surface area contributed by atoms with Crippen LogP contribution in [0.15, 0.2) is 47.8 Å². The van der Waals surface area contributed by atoms with E-state index in [-0.39, 0.29) is 24.1 Å². The maximum atomic E-state index is 12.7. The van der Waals surface area contributed by atoms with Gasteiger partial charge in [0.1, 0.15) is 5.71 Å². The number of hydrogen-bond donors (Lipinski definition) is 2. The van der Waals surface area contributed by atoms with Crippen LogP contribution in [-0.4, -0.2) is 57.4 Å². The largest absolute Gasteiger partial charge is 0.480 e. The molecule has 2 aliphatic heterocycles. The second kappa shape index (κ2) is 7.94. The third kappa shape index (κ3) is 3.94. The lowest BCUT2D eigenvalue weighted by atomic mass is 10.0. The van der Waals surface area contributed by atoms with Crippen molar-refractivity contribution < 1.29 is 14.7 Å². The number of amides is 1. The molecule has 2 N–H and O–H groups in total. The van der Waals surface area contributed by atoms with E-state index in [2.05, 4.69) is 20.3 Å². The second-order valence-electron chi connectivity index (χ2n) is 7.36. The fourth-order valence-corrected chi connectivity index (χ4v) is 3.81. The van der Waals surface area contributed by atoms with E-state index in [1.165, 1.54) is 5.01 Å². The highest BCUT2D eigenvalue weighted by atomic mass is 16.4. The molecule has 3 heterocycles. The second-order valence-corrected chi connectivity index (χ2v) is 7.36. The first kappa shape index (κ1) is 19.0. The van der Waals surface area contributed by atoms with Gasteiger partial charge in [-0.15, -0.1) is 0 Å². The molecule has 1 aromatic heterocycles. The molecule has 1 fully saturated rings. The Hall–Kier alpha value is -3.36. The van der Waals surface area contributed by atoms with Gasteiger partial charge in [-0.25, -0.2) is 9.78 Å². The van der Waals surface area contributed by atoms with Gasteiger partial charge >= 0.3 is 5.97 Å². The summed E-state index contributed by atoms with van der Waals surface area (Å²) in [5, 5.41) is 18.3. The number of carbonyl (C=O) groups excluding carboxylic acids is 1. The van der Waals surface area contributed by atoms with Gasteiger partial charge in [-0.2, -0.15) is 5.10 Å².